The van der Waals surface area contributed by atoms with Crippen LogP contribution in [0.4, 0.5) is 8.78 Å². The van der Waals surface area contributed by atoms with E-state index in [0.29, 0.717) is 16.7 Å². The third-order valence-corrected chi connectivity index (χ3v) is 6.80. The molecular formula is C33H25BrF2O2. The van der Waals surface area contributed by atoms with Gasteiger partial charge in [0.05, 0.1) is 4.47 Å². The molecule has 0 fully saturated rings. The number of aryl methyl sites for hydroxylation is 1. The molecule has 190 valence electrons. The number of halogens is 3. The average molecular weight is 571 g/mol. The van der Waals surface area contributed by atoms with Gasteiger partial charge < -0.3 is 10.2 Å². The smallest absolute Gasteiger partial charge is 0.131 e. The van der Waals surface area contributed by atoms with E-state index in [-0.39, 0.29) is 23.1 Å². The standard InChI is InChI=1S/C16H11FO.C10H7BrO.C7H7F/c17-14-8-4-3-7-13(14)16-12-6-2-1-5-11(12)9-10-15(16)18;11-10-8-4-2-1-3-7(8)5-6-9(10)12;1-6-4-2-3-5-7(6)8/h1-10,18H;1-6,12H;2-5H,1H3. The maximum absolute atomic E-state index is 13.9. The van der Waals surface area contributed by atoms with Crippen molar-refractivity contribution in [1.29, 1.82) is 0 Å². The number of hydrogen-bond acceptors (Lipinski definition) is 2. The van der Waals surface area contributed by atoms with E-state index < -0.39 is 0 Å². The Morgan fingerprint density at radius 1 is 0.526 bits per heavy atom. The minimum Gasteiger partial charge on any atom is -0.507 e. The average Bonchev–Trinajstić information content (AvgIpc) is 2.94. The molecule has 0 bridgehead atoms. The zero-order valence-electron chi connectivity index (χ0n) is 20.6. The van der Waals surface area contributed by atoms with E-state index in [0.717, 1.165) is 26.0 Å². The Morgan fingerprint density at radius 2 is 1.03 bits per heavy atom. The molecule has 0 unspecified atom stereocenters. The van der Waals surface area contributed by atoms with Crippen LogP contribution in [0.3, 0.4) is 0 Å². The van der Waals surface area contributed by atoms with Gasteiger partial charge in [-0.2, -0.15) is 0 Å². The van der Waals surface area contributed by atoms with Gasteiger partial charge in [0.1, 0.15) is 23.1 Å². The van der Waals surface area contributed by atoms with E-state index in [9.17, 15) is 19.0 Å². The quantitative estimate of drug-likeness (QED) is 0.206. The highest BCUT2D eigenvalue weighted by molar-refractivity contribution is 9.10. The first-order chi connectivity index (χ1) is 18.4. The fraction of sp³-hybridized carbons (Fsp3) is 0.0303. The largest absolute Gasteiger partial charge is 0.507 e. The van der Waals surface area contributed by atoms with E-state index >= 15 is 0 Å². The molecule has 6 aromatic carbocycles. The number of fused-ring (bicyclic) bond motifs is 2. The summed E-state index contributed by atoms with van der Waals surface area (Å²) >= 11 is 3.33. The third-order valence-electron chi connectivity index (χ3n) is 5.97. The Bertz CT molecular complexity index is 1680. The van der Waals surface area contributed by atoms with E-state index in [1.54, 1.807) is 49.4 Å². The zero-order valence-corrected chi connectivity index (χ0v) is 22.2. The van der Waals surface area contributed by atoms with Crippen molar-refractivity contribution < 1.29 is 19.0 Å². The van der Waals surface area contributed by atoms with E-state index in [4.69, 9.17) is 0 Å². The van der Waals surface area contributed by atoms with Crippen molar-refractivity contribution in [2.75, 3.05) is 0 Å². The van der Waals surface area contributed by atoms with E-state index in [1.165, 1.54) is 12.1 Å². The summed E-state index contributed by atoms with van der Waals surface area (Å²) in [5.41, 5.74) is 1.67. The molecular weight excluding hydrogens is 546 g/mol. The SMILES string of the molecule is Cc1ccccc1F.Oc1ccc2ccccc2c1-c1ccccc1F.Oc1ccc2ccccc2c1Br. The Morgan fingerprint density at radius 3 is 1.63 bits per heavy atom. The lowest BCUT2D eigenvalue weighted by molar-refractivity contribution is 0.473. The van der Waals surface area contributed by atoms with Crippen LogP contribution < -0.4 is 0 Å². The van der Waals surface area contributed by atoms with Gasteiger partial charge in [0.2, 0.25) is 0 Å². The molecule has 2 N–H and O–H groups in total. The summed E-state index contributed by atoms with van der Waals surface area (Å²) in [7, 11) is 0. The van der Waals surface area contributed by atoms with Crippen molar-refractivity contribution in [3.8, 4) is 22.6 Å². The van der Waals surface area contributed by atoms with Gasteiger partial charge in [-0.1, -0.05) is 97.1 Å². The van der Waals surface area contributed by atoms with Crippen LogP contribution in [0, 0.1) is 18.6 Å². The van der Waals surface area contributed by atoms with Crippen LogP contribution in [0.5, 0.6) is 11.5 Å². The second-order valence-corrected chi connectivity index (χ2v) is 9.32. The fourth-order valence-corrected chi connectivity index (χ4v) is 4.47. The van der Waals surface area contributed by atoms with Gasteiger partial charge in [-0.15, -0.1) is 0 Å². The van der Waals surface area contributed by atoms with Gasteiger partial charge >= 0.3 is 0 Å². The van der Waals surface area contributed by atoms with E-state index in [2.05, 4.69) is 15.9 Å². The summed E-state index contributed by atoms with van der Waals surface area (Å²) in [5.74, 6) is -0.0795. The molecule has 0 saturated carbocycles. The van der Waals surface area contributed by atoms with Crippen LogP contribution in [0.15, 0.2) is 126 Å². The van der Waals surface area contributed by atoms with Crippen LogP contribution in [0.1, 0.15) is 5.56 Å². The van der Waals surface area contributed by atoms with Crippen molar-refractivity contribution in [1.82, 2.24) is 0 Å². The lowest BCUT2D eigenvalue weighted by Crippen LogP contribution is -1.86. The van der Waals surface area contributed by atoms with E-state index in [1.807, 2.05) is 66.7 Å². The minimum absolute atomic E-state index is 0.0961. The number of hydrogen-bond donors (Lipinski definition) is 2. The molecule has 6 aromatic rings. The maximum Gasteiger partial charge on any atom is 0.131 e. The molecule has 0 spiro atoms. The Balaban J connectivity index is 0.000000145. The molecule has 0 amide bonds. The topological polar surface area (TPSA) is 40.5 Å². The summed E-state index contributed by atoms with van der Waals surface area (Å²) < 4.78 is 27.0. The van der Waals surface area contributed by atoms with Gasteiger partial charge in [-0.3, -0.25) is 0 Å². The Hall–Kier alpha value is -4.22. The summed E-state index contributed by atoms with van der Waals surface area (Å²) in [6.45, 7) is 1.75. The Kier molecular flexibility index (Phi) is 8.72. The summed E-state index contributed by atoms with van der Waals surface area (Å²) in [5, 5.41) is 23.4. The van der Waals surface area contributed by atoms with Crippen molar-refractivity contribution in [3.05, 3.63) is 143 Å². The molecule has 6 rings (SSSR count). The van der Waals surface area contributed by atoms with Crippen LogP contribution in [-0.2, 0) is 0 Å². The normalized spacial score (nSPS) is 10.3. The first-order valence-electron chi connectivity index (χ1n) is 11.9. The van der Waals surface area contributed by atoms with Crippen molar-refractivity contribution in [2.45, 2.75) is 6.92 Å². The number of rotatable bonds is 1. The van der Waals surface area contributed by atoms with Gasteiger partial charge in [0, 0.05) is 11.1 Å². The molecule has 2 nitrogen and oxygen atoms in total. The summed E-state index contributed by atoms with van der Waals surface area (Å²) in [6, 6.07) is 35.7. The second kappa shape index (κ2) is 12.3. The van der Waals surface area contributed by atoms with Crippen LogP contribution in [0.2, 0.25) is 0 Å². The molecule has 0 saturated heterocycles. The molecule has 0 aliphatic rings. The Labute approximate surface area is 228 Å². The lowest BCUT2D eigenvalue weighted by Gasteiger charge is -2.10. The second-order valence-electron chi connectivity index (χ2n) is 8.53. The van der Waals surface area contributed by atoms with Crippen molar-refractivity contribution in [2.24, 2.45) is 0 Å². The predicted molar refractivity (Wildman–Crippen MR) is 155 cm³/mol. The molecule has 5 heteroatoms. The minimum atomic E-state index is -0.329. The number of phenolic OH excluding ortho intramolecular Hbond substituents is 2. The van der Waals surface area contributed by atoms with Gasteiger partial charge in [0.15, 0.2) is 0 Å². The highest BCUT2D eigenvalue weighted by atomic mass is 79.9. The summed E-state index contributed by atoms with van der Waals surface area (Å²) in [4.78, 5) is 0. The first-order valence-corrected chi connectivity index (χ1v) is 12.7. The lowest BCUT2D eigenvalue weighted by atomic mass is 9.97. The number of benzene rings is 6. The van der Waals surface area contributed by atoms with Gasteiger partial charge in [-0.05, 0) is 74.2 Å². The highest BCUT2D eigenvalue weighted by Crippen LogP contribution is 2.37. The maximum atomic E-state index is 13.9. The molecule has 0 heterocycles. The van der Waals surface area contributed by atoms with Crippen LogP contribution in [0.25, 0.3) is 32.7 Å². The predicted octanol–water partition coefficient (Wildman–Crippen LogP) is 9.79. The zero-order chi connectivity index (χ0) is 27.1. The van der Waals surface area contributed by atoms with Crippen molar-refractivity contribution in [3.63, 3.8) is 0 Å². The molecule has 0 aliphatic heterocycles. The van der Waals surface area contributed by atoms with Gasteiger partial charge in [0.25, 0.3) is 0 Å². The number of aromatic hydroxyl groups is 2. The molecule has 0 atom stereocenters. The van der Waals surface area contributed by atoms with Gasteiger partial charge in [-0.25, -0.2) is 8.78 Å². The summed E-state index contributed by atoms with van der Waals surface area (Å²) in [6.07, 6.45) is 0. The molecule has 38 heavy (non-hydrogen) atoms. The van der Waals surface area contributed by atoms with Crippen molar-refractivity contribution >= 4 is 37.5 Å². The number of phenols is 2. The molecule has 0 aliphatic carbocycles. The highest BCUT2D eigenvalue weighted by Gasteiger charge is 2.12. The third kappa shape index (κ3) is 6.18. The monoisotopic (exact) mass is 570 g/mol. The first kappa shape index (κ1) is 26.8. The molecule has 0 aromatic heterocycles. The van der Waals surface area contributed by atoms with Crippen LogP contribution >= 0.6 is 15.9 Å². The molecule has 0 radical (unpaired) electrons. The fourth-order valence-electron chi connectivity index (χ4n) is 3.98. The van der Waals surface area contributed by atoms with Crippen LogP contribution in [-0.4, -0.2) is 10.2 Å².